The van der Waals surface area contributed by atoms with E-state index in [0.717, 1.165) is 22.9 Å². The molecular formula is C12H16N4S. The van der Waals surface area contributed by atoms with E-state index in [4.69, 9.17) is 10.7 Å². The van der Waals surface area contributed by atoms with Crippen LogP contribution in [0.5, 0.6) is 0 Å². The molecule has 2 heterocycles. The second-order valence-electron chi connectivity index (χ2n) is 4.60. The van der Waals surface area contributed by atoms with Gasteiger partial charge in [0.05, 0.1) is 17.5 Å². The molecule has 1 aliphatic carbocycles. The molecule has 0 radical (unpaired) electrons. The second kappa shape index (κ2) is 4.14. The Morgan fingerprint density at radius 2 is 2.47 bits per heavy atom. The maximum atomic E-state index is 5.83. The number of thiazole rings is 1. The average Bonchev–Trinajstić information content (AvgIpc) is 2.93. The molecule has 17 heavy (non-hydrogen) atoms. The van der Waals surface area contributed by atoms with Gasteiger partial charge in [-0.15, -0.1) is 11.3 Å². The number of hydrogen-bond acceptors (Lipinski definition) is 4. The average molecular weight is 248 g/mol. The van der Waals surface area contributed by atoms with Crippen LogP contribution in [0.3, 0.4) is 0 Å². The number of fused-ring (bicyclic) bond motifs is 1. The van der Waals surface area contributed by atoms with Crippen LogP contribution >= 0.6 is 11.3 Å². The highest BCUT2D eigenvalue weighted by Crippen LogP contribution is 2.36. The second-order valence-corrected chi connectivity index (χ2v) is 5.69. The molecule has 0 amide bonds. The van der Waals surface area contributed by atoms with Gasteiger partial charge in [0, 0.05) is 4.88 Å². The van der Waals surface area contributed by atoms with E-state index < -0.39 is 0 Å². The summed E-state index contributed by atoms with van der Waals surface area (Å²) in [6.07, 6.45) is 6.59. The van der Waals surface area contributed by atoms with Crippen LogP contribution in [-0.4, -0.2) is 15.2 Å². The van der Waals surface area contributed by atoms with Crippen LogP contribution in [-0.2, 0) is 12.8 Å². The molecular weight excluding hydrogens is 232 g/mol. The summed E-state index contributed by atoms with van der Waals surface area (Å²) in [4.78, 5) is 6.14. The molecule has 1 aliphatic rings. The molecule has 3 rings (SSSR count). The van der Waals surface area contributed by atoms with Crippen LogP contribution in [0.15, 0.2) is 6.20 Å². The molecule has 0 fully saturated rings. The Labute approximate surface area is 104 Å². The lowest BCUT2D eigenvalue weighted by Crippen LogP contribution is -2.11. The number of nitrogens with two attached hydrogens (primary N) is 1. The summed E-state index contributed by atoms with van der Waals surface area (Å²) >= 11 is 1.78. The Kier molecular flexibility index (Phi) is 2.63. The Hall–Kier alpha value is -1.36. The van der Waals surface area contributed by atoms with Gasteiger partial charge in [0.2, 0.25) is 0 Å². The number of nitrogens with one attached hydrogen (secondary N) is 1. The Bertz CT molecular complexity index is 528. The molecule has 5 heteroatoms. The smallest absolute Gasteiger partial charge is 0.129 e. The lowest BCUT2D eigenvalue weighted by atomic mass is 9.89. The number of H-pyrrole nitrogens is 1. The van der Waals surface area contributed by atoms with Gasteiger partial charge in [-0.1, -0.05) is 13.3 Å². The fraction of sp³-hybridized carbons (Fsp3) is 0.500. The van der Waals surface area contributed by atoms with Gasteiger partial charge in [-0.3, -0.25) is 5.10 Å². The van der Waals surface area contributed by atoms with Gasteiger partial charge < -0.3 is 5.73 Å². The molecule has 0 saturated heterocycles. The Balaban J connectivity index is 1.95. The van der Waals surface area contributed by atoms with Crippen molar-refractivity contribution in [1.29, 1.82) is 0 Å². The van der Waals surface area contributed by atoms with Crippen molar-refractivity contribution in [2.75, 3.05) is 5.73 Å². The van der Waals surface area contributed by atoms with Crippen molar-refractivity contribution < 1.29 is 0 Å². The zero-order chi connectivity index (χ0) is 11.8. The van der Waals surface area contributed by atoms with Gasteiger partial charge >= 0.3 is 0 Å². The highest BCUT2D eigenvalue weighted by Gasteiger charge is 2.22. The molecule has 0 bridgehead atoms. The lowest BCUT2D eigenvalue weighted by Gasteiger charge is -2.18. The van der Waals surface area contributed by atoms with Crippen molar-refractivity contribution in [3.63, 3.8) is 0 Å². The minimum Gasteiger partial charge on any atom is -0.383 e. The van der Waals surface area contributed by atoms with Crippen molar-refractivity contribution in [3.8, 4) is 10.6 Å². The molecule has 1 atom stereocenters. The zero-order valence-corrected chi connectivity index (χ0v) is 10.7. The number of hydrogen-bond donors (Lipinski definition) is 2. The maximum Gasteiger partial charge on any atom is 0.129 e. The largest absolute Gasteiger partial charge is 0.383 e. The topological polar surface area (TPSA) is 67.6 Å². The Morgan fingerprint density at radius 3 is 3.18 bits per heavy atom. The first kappa shape index (κ1) is 10.8. The van der Waals surface area contributed by atoms with Crippen LogP contribution in [0.1, 0.15) is 30.3 Å². The number of anilines is 1. The summed E-state index contributed by atoms with van der Waals surface area (Å²) in [5.41, 5.74) is 8.05. The quantitative estimate of drug-likeness (QED) is 0.858. The number of rotatable bonds is 2. The number of aromatic nitrogens is 3. The van der Waals surface area contributed by atoms with Gasteiger partial charge in [-0.05, 0) is 25.2 Å². The van der Waals surface area contributed by atoms with Gasteiger partial charge in [-0.25, -0.2) is 4.98 Å². The predicted molar refractivity (Wildman–Crippen MR) is 69.9 cm³/mol. The lowest BCUT2D eigenvalue weighted by molar-refractivity contribution is 0.446. The number of nitrogens with zero attached hydrogens (tertiary/aromatic N) is 2. The summed E-state index contributed by atoms with van der Waals surface area (Å²) in [6, 6.07) is 0. The third-order valence-electron chi connectivity index (χ3n) is 3.52. The van der Waals surface area contributed by atoms with E-state index in [1.54, 1.807) is 17.5 Å². The summed E-state index contributed by atoms with van der Waals surface area (Å²) < 4.78 is 0. The summed E-state index contributed by atoms with van der Waals surface area (Å²) in [6.45, 7) is 2.27. The fourth-order valence-corrected chi connectivity index (χ4v) is 3.62. The van der Waals surface area contributed by atoms with E-state index >= 15 is 0 Å². The molecule has 0 aliphatic heterocycles. The molecule has 0 saturated carbocycles. The minimum atomic E-state index is 0.614. The van der Waals surface area contributed by atoms with E-state index in [1.807, 2.05) is 0 Å². The van der Waals surface area contributed by atoms with E-state index in [1.165, 1.54) is 29.8 Å². The van der Waals surface area contributed by atoms with Crippen LogP contribution < -0.4 is 5.73 Å². The van der Waals surface area contributed by atoms with Gasteiger partial charge in [0.15, 0.2) is 0 Å². The molecule has 4 nitrogen and oxygen atoms in total. The molecule has 0 aromatic carbocycles. The highest BCUT2D eigenvalue weighted by atomic mass is 32.1. The molecule has 0 spiro atoms. The Morgan fingerprint density at radius 1 is 1.59 bits per heavy atom. The molecule has 2 aromatic rings. The zero-order valence-electron chi connectivity index (χ0n) is 9.86. The highest BCUT2D eigenvalue weighted by molar-refractivity contribution is 7.15. The van der Waals surface area contributed by atoms with Gasteiger partial charge in [-0.2, -0.15) is 5.10 Å². The maximum absolute atomic E-state index is 5.83. The van der Waals surface area contributed by atoms with Gasteiger partial charge in [0.1, 0.15) is 10.8 Å². The van der Waals surface area contributed by atoms with Gasteiger partial charge in [0.25, 0.3) is 0 Å². The third-order valence-corrected chi connectivity index (χ3v) is 4.67. The first-order chi connectivity index (χ1) is 8.28. The summed E-state index contributed by atoms with van der Waals surface area (Å²) in [5, 5.41) is 7.73. The van der Waals surface area contributed by atoms with Crippen LogP contribution in [0.2, 0.25) is 0 Å². The standard InChI is InChI=1S/C12H16N4S/c1-2-7-3-4-9-10(5-7)17-12(15-9)8-6-14-16-11(8)13/h6-7H,2-5H2,1H3,(H3,13,14,16). The summed E-state index contributed by atoms with van der Waals surface area (Å²) in [5.74, 6) is 1.45. The van der Waals surface area contributed by atoms with Crippen molar-refractivity contribution >= 4 is 17.2 Å². The minimum absolute atomic E-state index is 0.614. The molecule has 3 N–H and O–H groups in total. The van der Waals surface area contributed by atoms with Crippen LogP contribution in [0.4, 0.5) is 5.82 Å². The van der Waals surface area contributed by atoms with Crippen molar-refractivity contribution in [2.45, 2.75) is 32.6 Å². The molecule has 1 unspecified atom stereocenters. The first-order valence-corrected chi connectivity index (χ1v) is 6.87. The monoisotopic (exact) mass is 248 g/mol. The number of aryl methyl sites for hydroxylation is 1. The predicted octanol–water partition coefficient (Wildman–Crippen LogP) is 2.63. The first-order valence-electron chi connectivity index (χ1n) is 6.05. The van der Waals surface area contributed by atoms with Crippen molar-refractivity contribution in [3.05, 3.63) is 16.8 Å². The molecule has 2 aromatic heterocycles. The van der Waals surface area contributed by atoms with Crippen molar-refractivity contribution in [2.24, 2.45) is 5.92 Å². The van der Waals surface area contributed by atoms with E-state index in [-0.39, 0.29) is 0 Å². The van der Waals surface area contributed by atoms with Crippen LogP contribution in [0, 0.1) is 5.92 Å². The fourth-order valence-electron chi connectivity index (χ4n) is 2.37. The van der Waals surface area contributed by atoms with Crippen molar-refractivity contribution in [1.82, 2.24) is 15.2 Å². The molecule has 90 valence electrons. The third kappa shape index (κ3) is 1.84. The van der Waals surface area contributed by atoms with Crippen LogP contribution in [0.25, 0.3) is 10.6 Å². The van der Waals surface area contributed by atoms with E-state index in [0.29, 0.717) is 5.82 Å². The van der Waals surface area contributed by atoms with E-state index in [2.05, 4.69) is 17.1 Å². The normalized spacial score (nSPS) is 19.2. The number of aromatic amines is 1. The summed E-state index contributed by atoms with van der Waals surface area (Å²) in [7, 11) is 0. The van der Waals surface area contributed by atoms with E-state index in [9.17, 15) is 0 Å². The SMILES string of the molecule is CCC1CCc2nc(-c3cn[nH]c3N)sc2C1. The number of nitrogen functional groups attached to an aromatic ring is 1.